The molecule has 1 fully saturated rings. The quantitative estimate of drug-likeness (QED) is 0.612. The van der Waals surface area contributed by atoms with Crippen LogP contribution in [-0.4, -0.2) is 54.5 Å². The third-order valence-corrected chi connectivity index (χ3v) is 5.96. The van der Waals surface area contributed by atoms with E-state index in [9.17, 15) is 14.0 Å². The number of aromatic nitrogens is 1. The molecular weight excluding hydrogens is 393 g/mol. The fourth-order valence-corrected chi connectivity index (χ4v) is 4.38. The van der Waals surface area contributed by atoms with E-state index in [1.165, 1.54) is 23.6 Å². The van der Waals surface area contributed by atoms with Crippen LogP contribution in [0.1, 0.15) is 27.0 Å². The lowest BCUT2D eigenvalue weighted by atomic mass is 10.2. The Balaban J connectivity index is 1.40. The van der Waals surface area contributed by atoms with Gasteiger partial charge in [-0.2, -0.15) is 0 Å². The second-order valence-corrected chi connectivity index (χ2v) is 7.75. The molecule has 8 heteroatoms. The number of rotatable bonds is 4. The summed E-state index contributed by atoms with van der Waals surface area (Å²) in [6, 6.07) is 10.0. The van der Waals surface area contributed by atoms with Gasteiger partial charge in [0.15, 0.2) is 0 Å². The Hall–Kier alpha value is -3.00. The minimum absolute atomic E-state index is 0.0733. The molecule has 0 bridgehead atoms. The number of hydrogen-bond acceptors (Lipinski definition) is 6. The van der Waals surface area contributed by atoms with E-state index >= 15 is 0 Å². The summed E-state index contributed by atoms with van der Waals surface area (Å²) in [7, 11) is 0. The van der Waals surface area contributed by atoms with Gasteiger partial charge < -0.3 is 14.5 Å². The summed E-state index contributed by atoms with van der Waals surface area (Å²) >= 11 is 1.32. The van der Waals surface area contributed by atoms with Crippen molar-refractivity contribution in [2.75, 3.05) is 37.7 Å². The predicted octanol–water partition coefficient (Wildman–Crippen LogP) is 3.57. The molecule has 0 saturated carbocycles. The van der Waals surface area contributed by atoms with Gasteiger partial charge in [-0.1, -0.05) is 6.07 Å². The number of halogens is 1. The molecule has 3 heterocycles. The largest absolute Gasteiger partial charge is 0.462 e. The Bertz CT molecular complexity index is 1040. The second-order valence-electron chi connectivity index (χ2n) is 6.67. The van der Waals surface area contributed by atoms with Crippen molar-refractivity contribution < 1.29 is 18.7 Å². The molecule has 2 aromatic heterocycles. The highest BCUT2D eigenvalue weighted by atomic mass is 32.1. The van der Waals surface area contributed by atoms with E-state index in [1.807, 2.05) is 6.07 Å². The first kappa shape index (κ1) is 19.3. The SMILES string of the molecule is CCOC(=O)c1ccc(N2CCN(C(=O)c3cc4c(F)cccc4s3)CC2)nc1. The van der Waals surface area contributed by atoms with Gasteiger partial charge in [0.25, 0.3) is 5.91 Å². The van der Waals surface area contributed by atoms with Gasteiger partial charge in [0, 0.05) is 42.5 Å². The number of fused-ring (bicyclic) bond motifs is 1. The lowest BCUT2D eigenvalue weighted by molar-refractivity contribution is 0.0525. The number of pyridine rings is 1. The van der Waals surface area contributed by atoms with E-state index in [0.29, 0.717) is 48.6 Å². The number of piperazine rings is 1. The third kappa shape index (κ3) is 3.93. The van der Waals surface area contributed by atoms with Crippen LogP contribution in [0.2, 0.25) is 0 Å². The summed E-state index contributed by atoms with van der Waals surface area (Å²) in [5, 5.41) is 0.491. The van der Waals surface area contributed by atoms with Crippen molar-refractivity contribution in [3.63, 3.8) is 0 Å². The Kier molecular flexibility index (Phi) is 5.44. The minimum Gasteiger partial charge on any atom is -0.462 e. The highest BCUT2D eigenvalue weighted by Gasteiger charge is 2.24. The van der Waals surface area contributed by atoms with Crippen LogP contribution in [0.5, 0.6) is 0 Å². The molecule has 1 saturated heterocycles. The number of hydrogen-bond donors (Lipinski definition) is 0. The highest BCUT2D eigenvalue weighted by molar-refractivity contribution is 7.20. The lowest BCUT2D eigenvalue weighted by Crippen LogP contribution is -2.48. The first-order chi connectivity index (χ1) is 14.1. The normalized spacial score (nSPS) is 14.3. The monoisotopic (exact) mass is 413 g/mol. The molecule has 6 nitrogen and oxygen atoms in total. The topological polar surface area (TPSA) is 62.7 Å². The van der Waals surface area contributed by atoms with E-state index in [0.717, 1.165) is 10.5 Å². The van der Waals surface area contributed by atoms with Crippen LogP contribution in [0.3, 0.4) is 0 Å². The number of thiophene rings is 1. The smallest absolute Gasteiger partial charge is 0.339 e. The van der Waals surface area contributed by atoms with Crippen molar-refractivity contribution in [2.45, 2.75) is 6.92 Å². The maximum absolute atomic E-state index is 13.9. The molecule has 4 rings (SSSR count). The zero-order valence-corrected chi connectivity index (χ0v) is 16.7. The number of carbonyl (C=O) groups is 2. The minimum atomic E-state index is -0.387. The van der Waals surface area contributed by atoms with Crippen molar-refractivity contribution in [2.24, 2.45) is 0 Å². The van der Waals surface area contributed by atoms with Gasteiger partial charge in [-0.25, -0.2) is 14.2 Å². The molecule has 3 aromatic rings. The number of anilines is 1. The van der Waals surface area contributed by atoms with Gasteiger partial charge in [0.05, 0.1) is 17.0 Å². The van der Waals surface area contributed by atoms with E-state index in [4.69, 9.17) is 4.74 Å². The molecule has 150 valence electrons. The summed E-state index contributed by atoms with van der Waals surface area (Å²) in [5.41, 5.74) is 0.418. The molecule has 0 spiro atoms. The Morgan fingerprint density at radius 1 is 1.17 bits per heavy atom. The van der Waals surface area contributed by atoms with Gasteiger partial charge in [0.1, 0.15) is 11.6 Å². The van der Waals surface area contributed by atoms with Crippen molar-refractivity contribution in [3.8, 4) is 0 Å². The van der Waals surface area contributed by atoms with Crippen molar-refractivity contribution in [3.05, 3.63) is 58.9 Å². The van der Waals surface area contributed by atoms with E-state index < -0.39 is 0 Å². The predicted molar refractivity (Wildman–Crippen MR) is 110 cm³/mol. The molecule has 0 radical (unpaired) electrons. The molecule has 0 unspecified atom stereocenters. The zero-order valence-electron chi connectivity index (χ0n) is 15.9. The molecule has 1 amide bonds. The van der Waals surface area contributed by atoms with Crippen LogP contribution in [0.15, 0.2) is 42.6 Å². The fourth-order valence-electron chi connectivity index (χ4n) is 3.33. The Morgan fingerprint density at radius 2 is 1.97 bits per heavy atom. The zero-order chi connectivity index (χ0) is 20.4. The third-order valence-electron chi connectivity index (χ3n) is 4.87. The summed E-state index contributed by atoms with van der Waals surface area (Å²) < 4.78 is 19.6. The Morgan fingerprint density at radius 3 is 2.62 bits per heavy atom. The number of esters is 1. The van der Waals surface area contributed by atoms with E-state index in [2.05, 4.69) is 9.88 Å². The molecule has 1 aliphatic rings. The number of carbonyl (C=O) groups excluding carboxylic acids is 2. The maximum Gasteiger partial charge on any atom is 0.339 e. The summed E-state index contributed by atoms with van der Waals surface area (Å²) in [4.78, 5) is 33.3. The van der Waals surface area contributed by atoms with Gasteiger partial charge in [-0.15, -0.1) is 11.3 Å². The van der Waals surface area contributed by atoms with Gasteiger partial charge in [-0.05, 0) is 37.3 Å². The van der Waals surface area contributed by atoms with Gasteiger partial charge >= 0.3 is 5.97 Å². The van der Waals surface area contributed by atoms with Gasteiger partial charge in [0.2, 0.25) is 0 Å². The van der Waals surface area contributed by atoms with Crippen LogP contribution in [0, 0.1) is 5.82 Å². The van der Waals surface area contributed by atoms with Crippen LogP contribution >= 0.6 is 11.3 Å². The highest BCUT2D eigenvalue weighted by Crippen LogP contribution is 2.29. The Labute approximate surface area is 171 Å². The lowest BCUT2D eigenvalue weighted by Gasteiger charge is -2.35. The summed E-state index contributed by atoms with van der Waals surface area (Å²) in [5.74, 6) is -0.00774. The molecule has 0 atom stereocenters. The standard InChI is InChI=1S/C21H20FN3O3S/c1-2-28-21(27)14-6-7-19(23-13-14)24-8-10-25(11-9-24)20(26)18-12-15-16(22)4-3-5-17(15)29-18/h3-7,12-13H,2,8-11H2,1H3. The molecule has 0 N–H and O–H groups in total. The average molecular weight is 413 g/mol. The van der Waals surface area contributed by atoms with Crippen molar-refractivity contribution in [1.82, 2.24) is 9.88 Å². The van der Waals surface area contributed by atoms with E-state index in [-0.39, 0.29) is 17.7 Å². The molecule has 29 heavy (non-hydrogen) atoms. The first-order valence-electron chi connectivity index (χ1n) is 9.42. The van der Waals surface area contributed by atoms with Crippen LogP contribution in [0.4, 0.5) is 10.2 Å². The van der Waals surface area contributed by atoms with Gasteiger partial charge in [-0.3, -0.25) is 4.79 Å². The summed E-state index contributed by atoms with van der Waals surface area (Å²) in [6.45, 7) is 4.46. The second kappa shape index (κ2) is 8.16. The number of benzene rings is 1. The molecular formula is C21H20FN3O3S. The summed E-state index contributed by atoms with van der Waals surface area (Å²) in [6.07, 6.45) is 1.51. The van der Waals surface area contributed by atoms with Crippen LogP contribution in [0.25, 0.3) is 10.1 Å². The van der Waals surface area contributed by atoms with Crippen molar-refractivity contribution >= 4 is 39.1 Å². The number of ether oxygens (including phenoxy) is 1. The van der Waals surface area contributed by atoms with Crippen LogP contribution < -0.4 is 4.90 Å². The molecule has 1 aliphatic heterocycles. The number of amides is 1. The first-order valence-corrected chi connectivity index (χ1v) is 10.2. The number of nitrogens with zero attached hydrogens (tertiary/aromatic N) is 3. The van der Waals surface area contributed by atoms with Crippen molar-refractivity contribution in [1.29, 1.82) is 0 Å². The maximum atomic E-state index is 13.9. The average Bonchev–Trinajstić information content (AvgIpc) is 3.19. The molecule has 0 aliphatic carbocycles. The molecule has 1 aromatic carbocycles. The fraction of sp³-hybridized carbons (Fsp3) is 0.286. The van der Waals surface area contributed by atoms with E-state index in [1.54, 1.807) is 36.1 Å². The van der Waals surface area contributed by atoms with Crippen LogP contribution in [-0.2, 0) is 4.74 Å².